The van der Waals surface area contributed by atoms with Gasteiger partial charge < -0.3 is 9.47 Å². The van der Waals surface area contributed by atoms with Crippen molar-refractivity contribution < 1.29 is 14.3 Å². The van der Waals surface area contributed by atoms with Crippen molar-refractivity contribution in [3.63, 3.8) is 0 Å². The second kappa shape index (κ2) is 5.92. The van der Waals surface area contributed by atoms with Crippen molar-refractivity contribution in [2.75, 3.05) is 13.7 Å². The summed E-state index contributed by atoms with van der Waals surface area (Å²) >= 11 is 9.21. The Balaban J connectivity index is 3.06. The van der Waals surface area contributed by atoms with Crippen molar-refractivity contribution >= 4 is 33.5 Å². The van der Waals surface area contributed by atoms with Gasteiger partial charge in [-0.25, -0.2) is 4.79 Å². The zero-order valence-electron chi connectivity index (χ0n) is 8.63. The highest BCUT2D eigenvalue weighted by Crippen LogP contribution is 2.31. The monoisotopic (exact) mass is 304 g/mol. The van der Waals surface area contributed by atoms with Crippen molar-refractivity contribution in [3.05, 3.63) is 39.8 Å². The van der Waals surface area contributed by atoms with Crippen molar-refractivity contribution in [1.29, 1.82) is 0 Å². The van der Waals surface area contributed by atoms with Gasteiger partial charge in [-0.2, -0.15) is 0 Å². The highest BCUT2D eigenvalue weighted by Gasteiger charge is 2.14. The molecule has 0 aliphatic carbocycles. The van der Waals surface area contributed by atoms with E-state index in [0.717, 1.165) is 0 Å². The third kappa shape index (κ3) is 3.00. The van der Waals surface area contributed by atoms with Crippen LogP contribution in [-0.4, -0.2) is 19.7 Å². The van der Waals surface area contributed by atoms with Crippen LogP contribution in [0.5, 0.6) is 5.75 Å². The van der Waals surface area contributed by atoms with Gasteiger partial charge in [-0.15, -0.1) is 0 Å². The van der Waals surface area contributed by atoms with Crippen LogP contribution in [0.4, 0.5) is 0 Å². The summed E-state index contributed by atoms with van der Waals surface area (Å²) in [5.74, 6) is 0.0681. The lowest BCUT2D eigenvalue weighted by molar-refractivity contribution is 0.0601. The fraction of sp³-hybridized carbons (Fsp3) is 0.182. The maximum atomic E-state index is 11.3. The highest BCUT2D eigenvalue weighted by atomic mass is 79.9. The summed E-state index contributed by atoms with van der Waals surface area (Å²) in [6.07, 6.45) is 1.62. The molecule has 16 heavy (non-hydrogen) atoms. The van der Waals surface area contributed by atoms with Crippen LogP contribution >= 0.6 is 27.5 Å². The standard InChI is InChI=1S/C11H10BrClO3/c1-3-4-16-10-6-9(13)7(5-8(10)12)11(14)15-2/h3,5-6H,1,4H2,2H3. The van der Waals surface area contributed by atoms with E-state index in [9.17, 15) is 4.79 Å². The number of ether oxygens (including phenoxy) is 2. The number of methoxy groups -OCH3 is 1. The number of rotatable bonds is 4. The van der Waals surface area contributed by atoms with Crippen LogP contribution in [0.3, 0.4) is 0 Å². The van der Waals surface area contributed by atoms with E-state index < -0.39 is 5.97 Å². The Kier molecular flexibility index (Phi) is 4.83. The molecule has 0 aromatic heterocycles. The summed E-state index contributed by atoms with van der Waals surface area (Å²) in [7, 11) is 1.30. The largest absolute Gasteiger partial charge is 0.488 e. The Morgan fingerprint density at radius 3 is 2.88 bits per heavy atom. The maximum absolute atomic E-state index is 11.3. The summed E-state index contributed by atoms with van der Waals surface area (Å²) in [5.41, 5.74) is 0.294. The second-order valence-corrected chi connectivity index (χ2v) is 4.12. The number of halogens is 2. The van der Waals surface area contributed by atoms with Gasteiger partial charge in [-0.1, -0.05) is 24.3 Å². The lowest BCUT2D eigenvalue weighted by Crippen LogP contribution is -2.03. The summed E-state index contributed by atoms with van der Waals surface area (Å²) in [4.78, 5) is 11.3. The Bertz CT molecular complexity index is 418. The second-order valence-electron chi connectivity index (χ2n) is 2.85. The summed E-state index contributed by atoms with van der Waals surface area (Å²) < 4.78 is 10.6. The Labute approximate surface area is 107 Å². The van der Waals surface area contributed by atoms with Crippen molar-refractivity contribution in [2.45, 2.75) is 0 Å². The van der Waals surface area contributed by atoms with Gasteiger partial charge in [0.05, 0.1) is 22.2 Å². The fourth-order valence-electron chi connectivity index (χ4n) is 1.05. The van der Waals surface area contributed by atoms with Crippen LogP contribution in [-0.2, 0) is 4.74 Å². The normalized spacial score (nSPS) is 9.69. The van der Waals surface area contributed by atoms with Crippen molar-refractivity contribution in [2.24, 2.45) is 0 Å². The zero-order chi connectivity index (χ0) is 12.1. The molecule has 0 fully saturated rings. The van der Waals surface area contributed by atoms with Crippen LogP contribution in [0.15, 0.2) is 29.3 Å². The lowest BCUT2D eigenvalue weighted by atomic mass is 10.2. The van der Waals surface area contributed by atoms with Gasteiger partial charge in [0, 0.05) is 6.07 Å². The molecule has 1 rings (SSSR count). The summed E-state index contributed by atoms with van der Waals surface area (Å²) in [6, 6.07) is 3.12. The number of carbonyl (C=O) groups excluding carboxylic acids is 1. The van der Waals surface area contributed by atoms with E-state index >= 15 is 0 Å². The van der Waals surface area contributed by atoms with Crippen molar-refractivity contribution in [3.8, 4) is 5.75 Å². The molecule has 0 atom stereocenters. The van der Waals surface area contributed by atoms with Crippen molar-refractivity contribution in [1.82, 2.24) is 0 Å². The summed E-state index contributed by atoms with van der Waals surface area (Å²) in [6.45, 7) is 3.91. The molecule has 0 amide bonds. The topological polar surface area (TPSA) is 35.5 Å². The van der Waals surface area contributed by atoms with Gasteiger partial charge in [-0.05, 0) is 22.0 Å². The molecule has 0 unspecified atom stereocenters. The molecule has 0 heterocycles. The van der Waals surface area contributed by atoms with Crippen LogP contribution < -0.4 is 4.74 Å². The minimum Gasteiger partial charge on any atom is -0.488 e. The van der Waals surface area contributed by atoms with E-state index in [1.54, 1.807) is 18.2 Å². The molecule has 5 heteroatoms. The Morgan fingerprint density at radius 2 is 2.31 bits per heavy atom. The lowest BCUT2D eigenvalue weighted by Gasteiger charge is -2.09. The molecule has 86 valence electrons. The third-order valence-electron chi connectivity index (χ3n) is 1.78. The van der Waals surface area contributed by atoms with E-state index in [2.05, 4.69) is 27.2 Å². The minimum absolute atomic E-state index is 0.286. The van der Waals surface area contributed by atoms with Crippen LogP contribution in [0.1, 0.15) is 10.4 Å². The predicted octanol–water partition coefficient (Wildman–Crippen LogP) is 3.45. The molecule has 0 spiro atoms. The molecule has 0 aliphatic rings. The third-order valence-corrected chi connectivity index (χ3v) is 2.72. The molecular weight excluding hydrogens is 295 g/mol. The van der Waals surface area contributed by atoms with E-state index in [4.69, 9.17) is 16.3 Å². The number of benzene rings is 1. The maximum Gasteiger partial charge on any atom is 0.339 e. The predicted molar refractivity (Wildman–Crippen MR) is 66.2 cm³/mol. The fourth-order valence-corrected chi connectivity index (χ4v) is 1.74. The van der Waals surface area contributed by atoms with Crippen LogP contribution in [0, 0.1) is 0 Å². The van der Waals surface area contributed by atoms with Gasteiger partial charge in [-0.3, -0.25) is 0 Å². The van der Waals surface area contributed by atoms with Crippen LogP contribution in [0.25, 0.3) is 0 Å². The van der Waals surface area contributed by atoms with Gasteiger partial charge in [0.25, 0.3) is 0 Å². The quantitative estimate of drug-likeness (QED) is 0.631. The number of hydrogen-bond acceptors (Lipinski definition) is 3. The first-order valence-electron chi connectivity index (χ1n) is 4.41. The van der Waals surface area contributed by atoms with E-state index in [0.29, 0.717) is 22.4 Å². The first-order valence-corrected chi connectivity index (χ1v) is 5.58. The number of carbonyl (C=O) groups is 1. The average Bonchev–Trinajstić information content (AvgIpc) is 2.28. The molecular formula is C11H10BrClO3. The summed E-state index contributed by atoms with van der Waals surface area (Å²) in [5, 5.41) is 0.286. The smallest absolute Gasteiger partial charge is 0.339 e. The average molecular weight is 306 g/mol. The highest BCUT2D eigenvalue weighted by molar-refractivity contribution is 9.10. The first-order chi connectivity index (χ1) is 7.60. The molecule has 0 saturated carbocycles. The van der Waals surface area contributed by atoms with Gasteiger partial charge in [0.15, 0.2) is 0 Å². The molecule has 0 aliphatic heterocycles. The molecule has 3 nitrogen and oxygen atoms in total. The minimum atomic E-state index is -0.485. The Morgan fingerprint density at radius 1 is 1.62 bits per heavy atom. The molecule has 1 aromatic carbocycles. The first kappa shape index (κ1) is 13.1. The van der Waals surface area contributed by atoms with Gasteiger partial charge in [0.2, 0.25) is 0 Å². The van der Waals surface area contributed by atoms with Gasteiger partial charge in [0.1, 0.15) is 12.4 Å². The van der Waals surface area contributed by atoms with Gasteiger partial charge >= 0.3 is 5.97 Å². The Hall–Kier alpha value is -1.00. The number of hydrogen-bond donors (Lipinski definition) is 0. The van der Waals surface area contributed by atoms with E-state index in [1.165, 1.54) is 7.11 Å². The molecule has 0 bridgehead atoms. The molecule has 1 aromatic rings. The number of esters is 1. The van der Waals surface area contributed by atoms with E-state index in [1.807, 2.05) is 0 Å². The van der Waals surface area contributed by atoms with Crippen LogP contribution in [0.2, 0.25) is 5.02 Å². The molecule has 0 saturated heterocycles. The van der Waals surface area contributed by atoms with E-state index in [-0.39, 0.29) is 5.02 Å². The SMILES string of the molecule is C=CCOc1cc(Cl)c(C(=O)OC)cc1Br. The molecule has 0 radical (unpaired) electrons. The zero-order valence-corrected chi connectivity index (χ0v) is 11.0. The molecule has 0 N–H and O–H groups in total.